The van der Waals surface area contributed by atoms with Crippen molar-refractivity contribution in [2.45, 2.75) is 62.9 Å². The van der Waals surface area contributed by atoms with Crippen LogP contribution in [0.3, 0.4) is 0 Å². The first-order valence-corrected chi connectivity index (χ1v) is 7.09. The number of hydrogen-bond donors (Lipinski definition) is 0. The Morgan fingerprint density at radius 1 is 1.13 bits per heavy atom. The molecule has 2 bridgehead atoms. The molecule has 2 aliphatic carbocycles. The molecule has 1 saturated heterocycles. The summed E-state index contributed by atoms with van der Waals surface area (Å²) in [6.07, 6.45) is 8.52. The fourth-order valence-corrected chi connectivity index (χ4v) is 4.51. The lowest BCUT2D eigenvalue weighted by Gasteiger charge is -2.43. The highest BCUT2D eigenvalue weighted by Crippen LogP contribution is 2.47. The summed E-state index contributed by atoms with van der Waals surface area (Å²) in [5.41, 5.74) is 0. The van der Waals surface area contributed by atoms with E-state index in [0.717, 1.165) is 17.9 Å². The van der Waals surface area contributed by atoms with Crippen LogP contribution in [0.1, 0.15) is 45.4 Å². The Kier molecular flexibility index (Phi) is 2.72. The molecular weight excluding hydrogens is 206 g/mol. The monoisotopic (exact) mass is 227 g/mol. The minimum Gasteiger partial charge on any atom is -0.296 e. The lowest BCUT2D eigenvalue weighted by atomic mass is 9.90. The van der Waals surface area contributed by atoms with Crippen molar-refractivity contribution in [3.63, 3.8) is 0 Å². The number of hydrogen-bond acceptors (Lipinski definition) is 1. The average molecular weight is 228 g/mol. The zero-order valence-electron chi connectivity index (χ0n) is 9.66. The second kappa shape index (κ2) is 3.92. The van der Waals surface area contributed by atoms with E-state index in [1.54, 1.807) is 0 Å². The first kappa shape index (κ1) is 10.4. The molecule has 0 aromatic heterocycles. The summed E-state index contributed by atoms with van der Waals surface area (Å²) in [6, 6.07) is 1.50. The third-order valence-corrected chi connectivity index (χ3v) is 5.65. The van der Waals surface area contributed by atoms with E-state index in [1.807, 2.05) is 0 Å². The minimum atomic E-state index is 0.401. The van der Waals surface area contributed by atoms with Crippen LogP contribution in [0, 0.1) is 11.8 Å². The molecule has 0 aromatic rings. The fraction of sp³-hybridized carbons (Fsp3) is 1.00. The van der Waals surface area contributed by atoms with E-state index in [9.17, 15) is 0 Å². The van der Waals surface area contributed by atoms with Crippen LogP contribution < -0.4 is 0 Å². The van der Waals surface area contributed by atoms with Crippen LogP contribution in [-0.2, 0) is 0 Å². The fourth-order valence-electron chi connectivity index (χ4n) is 4.21. The normalized spacial score (nSPS) is 51.2. The zero-order chi connectivity index (χ0) is 10.4. The topological polar surface area (TPSA) is 3.24 Å². The van der Waals surface area contributed by atoms with Gasteiger partial charge < -0.3 is 0 Å². The molecular formula is C13H22ClN. The van der Waals surface area contributed by atoms with Gasteiger partial charge in [-0.1, -0.05) is 6.42 Å². The molecule has 3 fully saturated rings. The van der Waals surface area contributed by atoms with Gasteiger partial charge in [0.2, 0.25) is 0 Å². The van der Waals surface area contributed by atoms with Crippen molar-refractivity contribution in [1.29, 1.82) is 0 Å². The number of fused-ring (bicyclic) bond motifs is 2. The Hall–Kier alpha value is 0.250. The third-order valence-electron chi connectivity index (χ3n) is 5.07. The van der Waals surface area contributed by atoms with Gasteiger partial charge >= 0.3 is 0 Å². The van der Waals surface area contributed by atoms with Crippen molar-refractivity contribution in [2.75, 3.05) is 6.54 Å². The molecule has 0 radical (unpaired) electrons. The maximum absolute atomic E-state index is 6.40. The van der Waals surface area contributed by atoms with Crippen LogP contribution in [0.15, 0.2) is 0 Å². The predicted molar refractivity (Wildman–Crippen MR) is 64.3 cm³/mol. The smallest absolute Gasteiger partial charge is 0.0489 e. The molecule has 15 heavy (non-hydrogen) atoms. The van der Waals surface area contributed by atoms with Gasteiger partial charge in [-0.25, -0.2) is 0 Å². The van der Waals surface area contributed by atoms with E-state index in [4.69, 9.17) is 11.6 Å². The highest BCUT2D eigenvalue weighted by Gasteiger charge is 2.44. The lowest BCUT2D eigenvalue weighted by molar-refractivity contribution is 0.0745. The van der Waals surface area contributed by atoms with Crippen LogP contribution >= 0.6 is 11.6 Å². The molecule has 3 aliphatic rings. The second-order valence-electron chi connectivity index (χ2n) is 5.88. The number of rotatable bonds is 1. The summed E-state index contributed by atoms with van der Waals surface area (Å²) in [5, 5.41) is 0.401. The molecule has 5 unspecified atom stereocenters. The van der Waals surface area contributed by atoms with Crippen molar-refractivity contribution >= 4 is 11.6 Å². The summed E-state index contributed by atoms with van der Waals surface area (Å²) in [4.78, 5) is 2.74. The van der Waals surface area contributed by atoms with Crippen LogP contribution in [0.4, 0.5) is 0 Å². The van der Waals surface area contributed by atoms with Gasteiger partial charge in [-0.2, -0.15) is 0 Å². The van der Waals surface area contributed by atoms with Crippen LogP contribution in [0.5, 0.6) is 0 Å². The highest BCUT2D eigenvalue weighted by molar-refractivity contribution is 6.21. The van der Waals surface area contributed by atoms with E-state index in [0.29, 0.717) is 11.4 Å². The quantitative estimate of drug-likeness (QED) is 0.622. The molecule has 3 rings (SSSR count). The van der Waals surface area contributed by atoms with Gasteiger partial charge in [0, 0.05) is 17.5 Å². The number of alkyl halides is 1. The minimum absolute atomic E-state index is 0.401. The van der Waals surface area contributed by atoms with E-state index in [1.165, 1.54) is 45.1 Å². The summed E-state index contributed by atoms with van der Waals surface area (Å²) in [5.74, 6) is 2.07. The van der Waals surface area contributed by atoms with E-state index in [2.05, 4.69) is 11.8 Å². The molecule has 1 aliphatic heterocycles. The molecule has 0 N–H and O–H groups in total. The van der Waals surface area contributed by atoms with Gasteiger partial charge in [-0.15, -0.1) is 11.6 Å². The van der Waals surface area contributed by atoms with Crippen molar-refractivity contribution in [3.8, 4) is 0 Å². The summed E-state index contributed by atoms with van der Waals surface area (Å²) in [6.45, 7) is 3.64. The summed E-state index contributed by atoms with van der Waals surface area (Å²) >= 11 is 6.40. The molecule has 2 saturated carbocycles. The van der Waals surface area contributed by atoms with Gasteiger partial charge in [-0.3, -0.25) is 4.90 Å². The van der Waals surface area contributed by atoms with Crippen molar-refractivity contribution < 1.29 is 0 Å². The maximum atomic E-state index is 6.40. The van der Waals surface area contributed by atoms with Gasteiger partial charge in [0.05, 0.1) is 0 Å². The number of likely N-dealkylation sites (tertiary alicyclic amines) is 1. The first-order chi connectivity index (χ1) is 7.25. The van der Waals surface area contributed by atoms with Crippen LogP contribution in [-0.4, -0.2) is 28.9 Å². The molecule has 1 heterocycles. The largest absolute Gasteiger partial charge is 0.296 e. The molecule has 1 nitrogen and oxygen atoms in total. The Bertz CT molecular complexity index is 243. The van der Waals surface area contributed by atoms with E-state index < -0.39 is 0 Å². The number of nitrogens with zero attached hydrogens (tertiary/aromatic N) is 1. The molecule has 0 spiro atoms. The van der Waals surface area contributed by atoms with E-state index in [-0.39, 0.29) is 0 Å². The Morgan fingerprint density at radius 2 is 2.00 bits per heavy atom. The molecule has 2 heteroatoms. The van der Waals surface area contributed by atoms with Crippen molar-refractivity contribution in [3.05, 3.63) is 0 Å². The third kappa shape index (κ3) is 1.72. The Morgan fingerprint density at radius 3 is 2.67 bits per heavy atom. The Balaban J connectivity index is 1.71. The van der Waals surface area contributed by atoms with E-state index >= 15 is 0 Å². The SMILES string of the molecule is CC1C(Cl)CCCN1C1CC2CCC1C2. The highest BCUT2D eigenvalue weighted by atomic mass is 35.5. The lowest BCUT2D eigenvalue weighted by Crippen LogP contribution is -2.51. The van der Waals surface area contributed by atoms with Crippen molar-refractivity contribution in [1.82, 2.24) is 4.90 Å². The summed E-state index contributed by atoms with van der Waals surface area (Å²) < 4.78 is 0. The zero-order valence-corrected chi connectivity index (χ0v) is 10.4. The van der Waals surface area contributed by atoms with Crippen LogP contribution in [0.25, 0.3) is 0 Å². The molecule has 5 atom stereocenters. The standard InChI is InChI=1S/C13H22ClN/c1-9-12(14)3-2-6-15(9)13-8-10-4-5-11(13)7-10/h9-13H,2-8H2,1H3. The first-order valence-electron chi connectivity index (χ1n) is 6.65. The molecule has 0 aromatic carbocycles. The number of piperidine rings is 1. The second-order valence-corrected chi connectivity index (χ2v) is 6.44. The molecule has 86 valence electrons. The van der Waals surface area contributed by atoms with Gasteiger partial charge in [0.25, 0.3) is 0 Å². The van der Waals surface area contributed by atoms with Gasteiger partial charge in [0.1, 0.15) is 0 Å². The molecule has 0 amide bonds. The van der Waals surface area contributed by atoms with Gasteiger partial charge in [0.15, 0.2) is 0 Å². The van der Waals surface area contributed by atoms with Gasteiger partial charge in [-0.05, 0) is 57.4 Å². The van der Waals surface area contributed by atoms with Crippen molar-refractivity contribution in [2.24, 2.45) is 11.8 Å². The maximum Gasteiger partial charge on any atom is 0.0489 e. The summed E-state index contributed by atoms with van der Waals surface area (Å²) in [7, 11) is 0. The average Bonchev–Trinajstić information content (AvgIpc) is 2.83. The Labute approximate surface area is 98.2 Å². The predicted octanol–water partition coefficient (Wildman–Crippen LogP) is 3.27. The van der Waals surface area contributed by atoms with Crippen LogP contribution in [0.2, 0.25) is 0 Å². The number of halogens is 1.